The quantitative estimate of drug-likeness (QED) is 0.770. The molecule has 4 nitrogen and oxygen atoms in total. The second-order valence-corrected chi connectivity index (χ2v) is 4.49. The number of anilines is 1. The van der Waals surface area contributed by atoms with E-state index in [0.29, 0.717) is 23.5 Å². The van der Waals surface area contributed by atoms with Crippen LogP contribution in [0.15, 0.2) is 18.2 Å². The summed E-state index contributed by atoms with van der Waals surface area (Å²) < 4.78 is 5.55. The molecule has 0 aliphatic carbocycles. The molecule has 0 saturated carbocycles. The SMILES string of the molecule is CCCN1C(=O)C(C)Oc2ccc(C(C)=O)cc21. The molecule has 96 valence electrons. The number of nitrogens with zero attached hydrogens (tertiary/aromatic N) is 1. The van der Waals surface area contributed by atoms with Gasteiger partial charge in [-0.1, -0.05) is 6.92 Å². The van der Waals surface area contributed by atoms with Crippen LogP contribution in [0.5, 0.6) is 5.75 Å². The van der Waals surface area contributed by atoms with Gasteiger partial charge in [-0.25, -0.2) is 0 Å². The van der Waals surface area contributed by atoms with E-state index < -0.39 is 6.10 Å². The summed E-state index contributed by atoms with van der Waals surface area (Å²) in [4.78, 5) is 25.2. The Labute approximate surface area is 107 Å². The highest BCUT2D eigenvalue weighted by Gasteiger charge is 2.31. The highest BCUT2D eigenvalue weighted by atomic mass is 16.5. The van der Waals surface area contributed by atoms with Crippen LogP contribution < -0.4 is 9.64 Å². The number of Topliss-reactive ketones (excluding diaryl/α,β-unsaturated/α-hetero) is 1. The van der Waals surface area contributed by atoms with E-state index in [-0.39, 0.29) is 11.7 Å². The monoisotopic (exact) mass is 247 g/mol. The van der Waals surface area contributed by atoms with Crippen molar-refractivity contribution in [2.75, 3.05) is 11.4 Å². The van der Waals surface area contributed by atoms with Crippen molar-refractivity contribution in [1.29, 1.82) is 0 Å². The van der Waals surface area contributed by atoms with Gasteiger partial charge in [0.25, 0.3) is 5.91 Å². The molecule has 0 fully saturated rings. The maximum atomic E-state index is 12.1. The van der Waals surface area contributed by atoms with Crippen molar-refractivity contribution in [2.24, 2.45) is 0 Å². The molecular weight excluding hydrogens is 230 g/mol. The molecule has 1 aromatic rings. The largest absolute Gasteiger partial charge is 0.479 e. The third-order valence-corrected chi connectivity index (χ3v) is 3.02. The molecule has 1 heterocycles. The van der Waals surface area contributed by atoms with Gasteiger partial charge in [-0.3, -0.25) is 9.59 Å². The van der Waals surface area contributed by atoms with Gasteiger partial charge in [-0.05, 0) is 38.5 Å². The second kappa shape index (κ2) is 4.80. The molecule has 0 N–H and O–H groups in total. The van der Waals surface area contributed by atoms with Gasteiger partial charge in [0.15, 0.2) is 11.9 Å². The van der Waals surface area contributed by atoms with E-state index in [9.17, 15) is 9.59 Å². The number of carbonyl (C=O) groups is 2. The lowest BCUT2D eigenvalue weighted by Gasteiger charge is -2.33. The van der Waals surface area contributed by atoms with E-state index >= 15 is 0 Å². The highest BCUT2D eigenvalue weighted by Crippen LogP contribution is 2.35. The number of ketones is 1. The van der Waals surface area contributed by atoms with Gasteiger partial charge in [0.05, 0.1) is 5.69 Å². The maximum absolute atomic E-state index is 12.1. The number of fused-ring (bicyclic) bond motifs is 1. The zero-order valence-electron chi connectivity index (χ0n) is 10.9. The molecule has 0 saturated heterocycles. The lowest BCUT2D eigenvalue weighted by atomic mass is 10.1. The number of hydrogen-bond acceptors (Lipinski definition) is 3. The Bertz CT molecular complexity index is 496. The molecule has 1 unspecified atom stereocenters. The number of rotatable bonds is 3. The molecule has 0 aromatic heterocycles. The van der Waals surface area contributed by atoms with Crippen LogP contribution in [0.4, 0.5) is 5.69 Å². The van der Waals surface area contributed by atoms with E-state index in [2.05, 4.69) is 0 Å². The summed E-state index contributed by atoms with van der Waals surface area (Å²) in [6.07, 6.45) is 0.398. The number of carbonyl (C=O) groups excluding carboxylic acids is 2. The maximum Gasteiger partial charge on any atom is 0.267 e. The Balaban J connectivity index is 2.48. The molecule has 1 aromatic carbocycles. The van der Waals surface area contributed by atoms with Crippen LogP contribution in [0.2, 0.25) is 0 Å². The molecule has 0 spiro atoms. The topological polar surface area (TPSA) is 46.6 Å². The predicted octanol–water partition coefficient (Wildman–Crippen LogP) is 2.41. The predicted molar refractivity (Wildman–Crippen MR) is 69.2 cm³/mol. The van der Waals surface area contributed by atoms with Crippen LogP contribution in [-0.4, -0.2) is 24.3 Å². The van der Waals surface area contributed by atoms with E-state index in [1.165, 1.54) is 6.92 Å². The second-order valence-electron chi connectivity index (χ2n) is 4.49. The van der Waals surface area contributed by atoms with Crippen molar-refractivity contribution in [3.63, 3.8) is 0 Å². The average Bonchev–Trinajstić information content (AvgIpc) is 2.34. The summed E-state index contributed by atoms with van der Waals surface area (Å²) in [6, 6.07) is 5.22. The van der Waals surface area contributed by atoms with Crippen LogP contribution >= 0.6 is 0 Å². The van der Waals surface area contributed by atoms with E-state index in [1.54, 1.807) is 30.0 Å². The lowest BCUT2D eigenvalue weighted by Crippen LogP contribution is -2.44. The normalized spacial score (nSPS) is 18.3. The first kappa shape index (κ1) is 12.6. The Hall–Kier alpha value is -1.84. The molecular formula is C14H17NO3. The standard InChI is InChI=1S/C14H17NO3/c1-4-7-15-12-8-11(9(2)16)5-6-13(12)18-10(3)14(15)17/h5-6,8,10H,4,7H2,1-3H3. The summed E-state index contributed by atoms with van der Waals surface area (Å²) in [6.45, 7) is 5.91. The third kappa shape index (κ3) is 2.10. The van der Waals surface area contributed by atoms with Crippen molar-refractivity contribution in [3.8, 4) is 5.75 Å². The Morgan fingerprint density at radius 1 is 1.44 bits per heavy atom. The summed E-state index contributed by atoms with van der Waals surface area (Å²) in [5, 5.41) is 0. The summed E-state index contributed by atoms with van der Waals surface area (Å²) in [7, 11) is 0. The van der Waals surface area contributed by atoms with Gasteiger partial charge >= 0.3 is 0 Å². The summed E-state index contributed by atoms with van der Waals surface area (Å²) in [5.74, 6) is 0.603. The molecule has 2 rings (SSSR count). The van der Waals surface area contributed by atoms with Crippen LogP contribution in [0.1, 0.15) is 37.6 Å². The molecule has 1 aliphatic heterocycles. The molecule has 1 atom stereocenters. The van der Waals surface area contributed by atoms with Gasteiger partial charge in [-0.2, -0.15) is 0 Å². The van der Waals surface area contributed by atoms with E-state index in [4.69, 9.17) is 4.74 Å². The molecule has 1 aliphatic rings. The van der Waals surface area contributed by atoms with Gasteiger partial charge in [0, 0.05) is 12.1 Å². The third-order valence-electron chi connectivity index (χ3n) is 3.02. The first-order valence-electron chi connectivity index (χ1n) is 6.17. The number of ether oxygens (including phenoxy) is 1. The Morgan fingerprint density at radius 3 is 2.78 bits per heavy atom. The van der Waals surface area contributed by atoms with Crippen LogP contribution in [0, 0.1) is 0 Å². The average molecular weight is 247 g/mol. The fraction of sp³-hybridized carbons (Fsp3) is 0.429. The first-order chi connectivity index (χ1) is 8.54. The molecule has 0 radical (unpaired) electrons. The molecule has 0 bridgehead atoms. The Kier molecular flexibility index (Phi) is 3.36. The number of amides is 1. The zero-order valence-corrected chi connectivity index (χ0v) is 10.9. The minimum atomic E-state index is -0.466. The Morgan fingerprint density at radius 2 is 2.17 bits per heavy atom. The van der Waals surface area contributed by atoms with Crippen LogP contribution in [0.3, 0.4) is 0 Å². The van der Waals surface area contributed by atoms with E-state index in [0.717, 1.165) is 6.42 Å². The van der Waals surface area contributed by atoms with Gasteiger partial charge < -0.3 is 9.64 Å². The van der Waals surface area contributed by atoms with Crippen LogP contribution in [-0.2, 0) is 4.79 Å². The summed E-state index contributed by atoms with van der Waals surface area (Å²) >= 11 is 0. The lowest BCUT2D eigenvalue weighted by molar-refractivity contribution is -0.125. The number of benzene rings is 1. The first-order valence-corrected chi connectivity index (χ1v) is 6.17. The fourth-order valence-corrected chi connectivity index (χ4v) is 2.08. The molecule has 18 heavy (non-hydrogen) atoms. The van der Waals surface area contributed by atoms with Crippen molar-refractivity contribution in [3.05, 3.63) is 23.8 Å². The van der Waals surface area contributed by atoms with E-state index in [1.807, 2.05) is 6.92 Å². The van der Waals surface area contributed by atoms with Gasteiger partial charge in [-0.15, -0.1) is 0 Å². The minimum Gasteiger partial charge on any atom is -0.479 e. The van der Waals surface area contributed by atoms with Crippen molar-refractivity contribution >= 4 is 17.4 Å². The fourth-order valence-electron chi connectivity index (χ4n) is 2.08. The van der Waals surface area contributed by atoms with Crippen molar-refractivity contribution in [1.82, 2.24) is 0 Å². The van der Waals surface area contributed by atoms with Gasteiger partial charge in [0.1, 0.15) is 5.75 Å². The van der Waals surface area contributed by atoms with Gasteiger partial charge in [0.2, 0.25) is 0 Å². The highest BCUT2D eigenvalue weighted by molar-refractivity contribution is 6.02. The zero-order chi connectivity index (χ0) is 13.3. The molecule has 1 amide bonds. The minimum absolute atomic E-state index is 0.0136. The smallest absolute Gasteiger partial charge is 0.267 e. The summed E-state index contributed by atoms with van der Waals surface area (Å²) in [5.41, 5.74) is 1.30. The van der Waals surface area contributed by atoms with Crippen molar-refractivity contribution in [2.45, 2.75) is 33.3 Å². The van der Waals surface area contributed by atoms with Crippen LogP contribution in [0.25, 0.3) is 0 Å². The number of hydrogen-bond donors (Lipinski definition) is 0. The molecule has 4 heteroatoms. The van der Waals surface area contributed by atoms with Crippen molar-refractivity contribution < 1.29 is 14.3 Å².